The number of rotatable bonds is 7. The Bertz CT molecular complexity index is 1230. The number of ether oxygens (including phenoxy) is 1. The number of benzene rings is 3. The number of hydrogen-bond donors (Lipinski definition) is 2. The van der Waals surface area contributed by atoms with Crippen LogP contribution >= 0.6 is 0 Å². The van der Waals surface area contributed by atoms with Gasteiger partial charge in [-0.2, -0.15) is 0 Å². The zero-order chi connectivity index (χ0) is 23.3. The van der Waals surface area contributed by atoms with Gasteiger partial charge in [-0.05, 0) is 80.0 Å². The van der Waals surface area contributed by atoms with Crippen molar-refractivity contribution in [3.05, 3.63) is 72.8 Å². The predicted octanol–water partition coefficient (Wildman–Crippen LogP) is 5.95. The summed E-state index contributed by atoms with van der Waals surface area (Å²) < 4.78 is 11.7. The fourth-order valence-electron chi connectivity index (χ4n) is 4.42. The first-order valence-electron chi connectivity index (χ1n) is 11.7. The summed E-state index contributed by atoms with van der Waals surface area (Å²) in [5, 5.41) is 24.5. The van der Waals surface area contributed by atoms with E-state index in [0.29, 0.717) is 23.6 Å². The van der Waals surface area contributed by atoms with Gasteiger partial charge in [0.15, 0.2) is 5.76 Å². The maximum atomic E-state index is 10.4. The van der Waals surface area contributed by atoms with Crippen LogP contribution in [0.4, 0.5) is 0 Å². The van der Waals surface area contributed by atoms with Crippen molar-refractivity contribution in [2.45, 2.75) is 19.3 Å². The lowest BCUT2D eigenvalue weighted by Crippen LogP contribution is -2.33. The van der Waals surface area contributed by atoms with E-state index in [2.05, 4.69) is 10.1 Å². The van der Waals surface area contributed by atoms with Crippen molar-refractivity contribution < 1.29 is 19.5 Å². The van der Waals surface area contributed by atoms with E-state index in [1.54, 1.807) is 30.3 Å². The number of piperidine rings is 1. The molecule has 6 heteroatoms. The molecule has 1 aromatic heterocycles. The molecule has 5 rings (SSSR count). The van der Waals surface area contributed by atoms with Gasteiger partial charge in [0.1, 0.15) is 29.5 Å². The molecule has 0 radical (unpaired) electrons. The van der Waals surface area contributed by atoms with Gasteiger partial charge in [0.2, 0.25) is 0 Å². The average molecular weight is 457 g/mol. The molecule has 2 N–H and O–H groups in total. The van der Waals surface area contributed by atoms with Crippen LogP contribution < -0.4 is 4.74 Å². The van der Waals surface area contributed by atoms with E-state index >= 15 is 0 Å². The highest BCUT2D eigenvalue weighted by Crippen LogP contribution is 2.43. The molecule has 1 fully saturated rings. The Morgan fingerprint density at radius 3 is 2.26 bits per heavy atom. The number of phenols is 2. The smallest absolute Gasteiger partial charge is 0.179 e. The van der Waals surface area contributed by atoms with Gasteiger partial charge in [-0.3, -0.25) is 4.90 Å². The highest BCUT2D eigenvalue weighted by Gasteiger charge is 2.22. The molecule has 0 spiro atoms. The molecular formula is C28H28N2O4. The summed E-state index contributed by atoms with van der Waals surface area (Å²) in [5.74, 6) is 1.58. The number of para-hydroxylation sites is 1. The molecule has 2 heterocycles. The molecule has 174 valence electrons. The first kappa shape index (κ1) is 22.0. The lowest BCUT2D eigenvalue weighted by Gasteiger charge is -2.26. The minimum atomic E-state index is 0.114. The fourth-order valence-corrected chi connectivity index (χ4v) is 4.42. The van der Waals surface area contributed by atoms with Gasteiger partial charge >= 0.3 is 0 Å². The molecule has 1 saturated heterocycles. The van der Waals surface area contributed by atoms with E-state index in [1.807, 2.05) is 42.5 Å². The zero-order valence-electron chi connectivity index (χ0n) is 19.0. The molecule has 0 aliphatic carbocycles. The third-order valence-corrected chi connectivity index (χ3v) is 6.25. The van der Waals surface area contributed by atoms with E-state index in [-0.39, 0.29) is 11.5 Å². The Hall–Kier alpha value is -3.77. The quantitative estimate of drug-likeness (QED) is 0.358. The predicted molar refractivity (Wildman–Crippen MR) is 132 cm³/mol. The van der Waals surface area contributed by atoms with Gasteiger partial charge in [-0.1, -0.05) is 35.8 Å². The highest BCUT2D eigenvalue weighted by molar-refractivity contribution is 5.91. The third-order valence-electron chi connectivity index (χ3n) is 6.25. The largest absolute Gasteiger partial charge is 0.508 e. The Balaban J connectivity index is 1.41. The molecule has 0 amide bonds. The average Bonchev–Trinajstić information content (AvgIpc) is 3.31. The van der Waals surface area contributed by atoms with Crippen LogP contribution in [0.1, 0.15) is 19.3 Å². The summed E-state index contributed by atoms with van der Waals surface area (Å²) in [6.45, 7) is 3.93. The summed E-state index contributed by atoms with van der Waals surface area (Å²) in [4.78, 5) is 2.46. The highest BCUT2D eigenvalue weighted by atomic mass is 16.5. The maximum absolute atomic E-state index is 10.4. The van der Waals surface area contributed by atoms with Crippen LogP contribution in [0.15, 0.2) is 77.3 Å². The van der Waals surface area contributed by atoms with Crippen molar-refractivity contribution in [2.75, 3.05) is 26.2 Å². The number of likely N-dealkylation sites (tertiary alicyclic amines) is 1. The molecule has 34 heavy (non-hydrogen) atoms. The van der Waals surface area contributed by atoms with Crippen molar-refractivity contribution in [1.29, 1.82) is 0 Å². The van der Waals surface area contributed by atoms with E-state index in [0.717, 1.165) is 42.1 Å². The van der Waals surface area contributed by atoms with Gasteiger partial charge in [0.05, 0.1) is 11.1 Å². The summed E-state index contributed by atoms with van der Waals surface area (Å²) >= 11 is 0. The van der Waals surface area contributed by atoms with E-state index in [4.69, 9.17) is 9.26 Å². The van der Waals surface area contributed by atoms with E-state index < -0.39 is 0 Å². The summed E-state index contributed by atoms with van der Waals surface area (Å²) in [6.07, 6.45) is 3.88. The molecule has 0 saturated carbocycles. The van der Waals surface area contributed by atoms with Crippen molar-refractivity contribution in [3.63, 3.8) is 0 Å². The van der Waals surface area contributed by atoms with Crippen LogP contribution in [0.3, 0.4) is 0 Å². The topological polar surface area (TPSA) is 79.0 Å². The number of phenolic OH excluding ortho intramolecular Hbond substituents is 2. The normalized spacial score (nSPS) is 14.2. The van der Waals surface area contributed by atoms with Crippen molar-refractivity contribution in [1.82, 2.24) is 10.1 Å². The summed E-state index contributed by atoms with van der Waals surface area (Å²) in [5.41, 5.74) is 3.66. The first-order chi connectivity index (χ1) is 16.7. The molecule has 0 atom stereocenters. The van der Waals surface area contributed by atoms with Crippen LogP contribution in [0.25, 0.3) is 33.7 Å². The first-order valence-corrected chi connectivity index (χ1v) is 11.7. The molecule has 4 aromatic rings. The number of aromatic hydroxyl groups is 2. The second-order valence-corrected chi connectivity index (χ2v) is 8.57. The number of nitrogens with zero attached hydrogens (tertiary/aromatic N) is 2. The molecule has 0 unspecified atom stereocenters. The van der Waals surface area contributed by atoms with Crippen molar-refractivity contribution in [2.24, 2.45) is 0 Å². The van der Waals surface area contributed by atoms with Crippen molar-refractivity contribution in [3.8, 4) is 51.0 Å². The number of aromatic nitrogens is 1. The molecule has 6 nitrogen and oxygen atoms in total. The SMILES string of the molecule is Oc1ccc(-c2c(-c3ccc(OCCN4CCCCC4)cc3)noc2-c2ccccc2O)cc1. The molecule has 0 bridgehead atoms. The van der Waals surface area contributed by atoms with Gasteiger partial charge in [0, 0.05) is 12.1 Å². The van der Waals surface area contributed by atoms with E-state index in [1.165, 1.54) is 19.3 Å². The van der Waals surface area contributed by atoms with Crippen LogP contribution in [0.5, 0.6) is 17.2 Å². The lowest BCUT2D eigenvalue weighted by atomic mass is 9.96. The fraction of sp³-hybridized carbons (Fsp3) is 0.250. The molecular weight excluding hydrogens is 428 g/mol. The lowest BCUT2D eigenvalue weighted by molar-refractivity contribution is 0.183. The van der Waals surface area contributed by atoms with Gasteiger partial charge in [-0.15, -0.1) is 0 Å². The minimum Gasteiger partial charge on any atom is -0.508 e. The summed E-state index contributed by atoms with van der Waals surface area (Å²) in [7, 11) is 0. The molecule has 3 aromatic carbocycles. The van der Waals surface area contributed by atoms with Crippen LogP contribution in [-0.2, 0) is 0 Å². The van der Waals surface area contributed by atoms with Crippen LogP contribution in [0.2, 0.25) is 0 Å². The van der Waals surface area contributed by atoms with Crippen molar-refractivity contribution >= 4 is 0 Å². The van der Waals surface area contributed by atoms with Gasteiger partial charge in [0.25, 0.3) is 0 Å². The van der Waals surface area contributed by atoms with Crippen LogP contribution in [-0.4, -0.2) is 46.5 Å². The third kappa shape index (κ3) is 4.77. The molecule has 1 aliphatic rings. The van der Waals surface area contributed by atoms with E-state index in [9.17, 15) is 10.2 Å². The Kier molecular flexibility index (Phi) is 6.49. The Labute approximate surface area is 199 Å². The van der Waals surface area contributed by atoms with Gasteiger partial charge in [-0.25, -0.2) is 0 Å². The standard InChI is InChI=1S/C28H28N2O4/c31-22-12-8-20(9-13-22)26-27(29-34-28(26)24-6-2-3-7-25(24)32)21-10-14-23(15-11-21)33-19-18-30-16-4-1-5-17-30/h2-3,6-15,31-32H,1,4-5,16-19H2. The van der Waals surface area contributed by atoms with Gasteiger partial charge < -0.3 is 19.5 Å². The van der Waals surface area contributed by atoms with Crippen LogP contribution in [0, 0.1) is 0 Å². The monoisotopic (exact) mass is 456 g/mol. The second-order valence-electron chi connectivity index (χ2n) is 8.57. The molecule has 1 aliphatic heterocycles. The number of hydrogen-bond acceptors (Lipinski definition) is 6. The second kappa shape index (κ2) is 10.0. The zero-order valence-corrected chi connectivity index (χ0v) is 19.0. The Morgan fingerprint density at radius 1 is 0.824 bits per heavy atom. The maximum Gasteiger partial charge on any atom is 0.179 e. The summed E-state index contributed by atoms with van der Waals surface area (Å²) in [6, 6.07) is 21.7. The Morgan fingerprint density at radius 2 is 1.53 bits per heavy atom. The minimum absolute atomic E-state index is 0.114.